The summed E-state index contributed by atoms with van der Waals surface area (Å²) < 4.78 is 0. The van der Waals surface area contributed by atoms with E-state index in [4.69, 9.17) is 5.73 Å². The number of nitrogens with zero attached hydrogens (tertiary/aromatic N) is 4. The van der Waals surface area contributed by atoms with Crippen molar-refractivity contribution in [2.24, 2.45) is 5.73 Å². The van der Waals surface area contributed by atoms with Gasteiger partial charge in [-0.1, -0.05) is 12.6 Å². The van der Waals surface area contributed by atoms with E-state index in [1.54, 1.807) is 29.2 Å². The molecule has 1 aromatic carbocycles. The molecule has 2 fully saturated rings. The van der Waals surface area contributed by atoms with Crippen LogP contribution in [0.4, 0.5) is 17.5 Å². The zero-order valence-electron chi connectivity index (χ0n) is 18.1. The zero-order valence-corrected chi connectivity index (χ0v) is 18.1. The molecule has 2 aromatic rings. The van der Waals surface area contributed by atoms with Gasteiger partial charge in [0.1, 0.15) is 0 Å². The molecular formula is C22H26N8O3. The van der Waals surface area contributed by atoms with Crippen molar-refractivity contribution in [3.63, 3.8) is 0 Å². The molecule has 1 aliphatic carbocycles. The number of nitrogens with one attached hydrogen (secondary N) is 3. The molecule has 1 unspecified atom stereocenters. The lowest BCUT2D eigenvalue weighted by atomic mass is 10.1. The van der Waals surface area contributed by atoms with Crippen molar-refractivity contribution in [1.29, 1.82) is 0 Å². The van der Waals surface area contributed by atoms with E-state index in [9.17, 15) is 14.4 Å². The van der Waals surface area contributed by atoms with Gasteiger partial charge in [-0.15, -0.1) is 10.2 Å². The summed E-state index contributed by atoms with van der Waals surface area (Å²) in [6.45, 7) is 4.68. The third kappa shape index (κ3) is 5.62. The highest BCUT2D eigenvalue weighted by molar-refractivity contribution is 5.97. The average Bonchev–Trinajstić information content (AvgIpc) is 3.63. The van der Waals surface area contributed by atoms with Crippen LogP contribution in [0.2, 0.25) is 0 Å². The highest BCUT2D eigenvalue weighted by Gasteiger charge is 2.25. The number of hydrogen-bond acceptors (Lipinski definition) is 8. The molecule has 0 bridgehead atoms. The number of amides is 3. The van der Waals surface area contributed by atoms with E-state index in [1.807, 2.05) is 0 Å². The highest BCUT2D eigenvalue weighted by Crippen LogP contribution is 2.22. The maximum absolute atomic E-state index is 12.4. The second-order valence-electron chi connectivity index (χ2n) is 8.12. The van der Waals surface area contributed by atoms with Crippen LogP contribution in [-0.4, -0.2) is 63.0 Å². The highest BCUT2D eigenvalue weighted by atomic mass is 16.2. The molecule has 1 aliphatic heterocycles. The Kier molecular flexibility index (Phi) is 6.48. The number of likely N-dealkylation sites (tertiary alicyclic amines) is 1. The summed E-state index contributed by atoms with van der Waals surface area (Å²) in [4.78, 5) is 42.2. The average molecular weight is 451 g/mol. The molecule has 2 aliphatic rings. The van der Waals surface area contributed by atoms with Crippen molar-refractivity contribution < 1.29 is 14.4 Å². The molecule has 1 atom stereocenters. The van der Waals surface area contributed by atoms with Crippen LogP contribution in [0.3, 0.4) is 0 Å². The van der Waals surface area contributed by atoms with Crippen LogP contribution in [0, 0.1) is 0 Å². The minimum Gasteiger partial charge on any atom is -0.364 e. The van der Waals surface area contributed by atoms with Crippen molar-refractivity contribution >= 4 is 35.2 Å². The standard InChI is InChI=1S/C22H26N8O3/c1-2-17(31)30-10-4-7-16(12-30)26-22-27-20(18(19(23)32)28-29-22)24-15-6-3-5-13(11-15)21(33)25-14-8-9-14/h2-3,5-6,11,14,16H,1,4,7-10,12H2,(H2,23,32)(H,25,33)(H2,24,26,27,29). The van der Waals surface area contributed by atoms with Crippen molar-refractivity contribution in [2.75, 3.05) is 23.7 Å². The van der Waals surface area contributed by atoms with Gasteiger partial charge < -0.3 is 26.6 Å². The summed E-state index contributed by atoms with van der Waals surface area (Å²) in [6, 6.07) is 7.02. The summed E-state index contributed by atoms with van der Waals surface area (Å²) >= 11 is 0. The Labute approximate surface area is 190 Å². The number of piperidine rings is 1. The topological polar surface area (TPSA) is 155 Å². The molecule has 1 aromatic heterocycles. The van der Waals surface area contributed by atoms with Gasteiger partial charge in [0.05, 0.1) is 0 Å². The van der Waals surface area contributed by atoms with Crippen LogP contribution in [0.15, 0.2) is 36.9 Å². The monoisotopic (exact) mass is 450 g/mol. The lowest BCUT2D eigenvalue weighted by Gasteiger charge is -2.32. The van der Waals surface area contributed by atoms with Gasteiger partial charge >= 0.3 is 0 Å². The second-order valence-corrected chi connectivity index (χ2v) is 8.12. The van der Waals surface area contributed by atoms with E-state index in [1.165, 1.54) is 6.08 Å². The first-order valence-electron chi connectivity index (χ1n) is 10.8. The first-order chi connectivity index (χ1) is 15.9. The summed E-state index contributed by atoms with van der Waals surface area (Å²) in [5.74, 6) is -0.752. The smallest absolute Gasteiger partial charge is 0.273 e. The van der Waals surface area contributed by atoms with Crippen molar-refractivity contribution in [3.05, 3.63) is 48.2 Å². The Bertz CT molecular complexity index is 1090. The summed E-state index contributed by atoms with van der Waals surface area (Å²) in [5.41, 5.74) is 6.36. The minimum absolute atomic E-state index is 0.0776. The quantitative estimate of drug-likeness (QED) is 0.437. The van der Waals surface area contributed by atoms with Crippen molar-refractivity contribution in [3.8, 4) is 0 Å². The van der Waals surface area contributed by atoms with Gasteiger partial charge in [-0.2, -0.15) is 4.98 Å². The molecule has 5 N–H and O–H groups in total. The fourth-order valence-corrected chi connectivity index (χ4v) is 3.62. The number of hydrogen-bond donors (Lipinski definition) is 4. The van der Waals surface area contributed by atoms with Gasteiger partial charge in [-0.3, -0.25) is 14.4 Å². The molecule has 4 rings (SSSR count). The largest absolute Gasteiger partial charge is 0.364 e. The van der Waals surface area contributed by atoms with Crippen molar-refractivity contribution in [2.45, 2.75) is 37.8 Å². The SMILES string of the molecule is C=CC(=O)N1CCCC(Nc2nnc(C(N)=O)c(Nc3cccc(C(=O)NC4CC4)c3)n2)C1. The lowest BCUT2D eigenvalue weighted by molar-refractivity contribution is -0.127. The molecule has 1 saturated carbocycles. The lowest BCUT2D eigenvalue weighted by Crippen LogP contribution is -2.44. The first-order valence-corrected chi connectivity index (χ1v) is 10.8. The number of aromatic nitrogens is 3. The second kappa shape index (κ2) is 9.63. The number of benzene rings is 1. The van der Waals surface area contributed by atoms with Gasteiger partial charge in [-0.25, -0.2) is 0 Å². The van der Waals surface area contributed by atoms with E-state index in [2.05, 4.69) is 37.7 Å². The Morgan fingerprint density at radius 1 is 1.15 bits per heavy atom. The number of primary amides is 1. The van der Waals surface area contributed by atoms with E-state index >= 15 is 0 Å². The van der Waals surface area contributed by atoms with Crippen LogP contribution in [0.1, 0.15) is 46.5 Å². The third-order valence-electron chi connectivity index (χ3n) is 5.46. The van der Waals surface area contributed by atoms with E-state index in [-0.39, 0.29) is 41.4 Å². The molecule has 0 spiro atoms. The summed E-state index contributed by atoms with van der Waals surface area (Å²) in [7, 11) is 0. The molecule has 0 radical (unpaired) electrons. The van der Waals surface area contributed by atoms with Crippen LogP contribution < -0.4 is 21.7 Å². The van der Waals surface area contributed by atoms with E-state index < -0.39 is 5.91 Å². The van der Waals surface area contributed by atoms with Gasteiger partial charge in [0.2, 0.25) is 11.9 Å². The van der Waals surface area contributed by atoms with Crippen LogP contribution >= 0.6 is 0 Å². The number of carbonyl (C=O) groups is 3. The molecule has 172 valence electrons. The molecule has 33 heavy (non-hydrogen) atoms. The third-order valence-corrected chi connectivity index (χ3v) is 5.46. The fourth-order valence-electron chi connectivity index (χ4n) is 3.62. The maximum Gasteiger partial charge on any atom is 0.273 e. The number of anilines is 3. The molecule has 1 saturated heterocycles. The Hall–Kier alpha value is -4.02. The first kappa shape index (κ1) is 22.2. The van der Waals surface area contributed by atoms with Crippen LogP contribution in [-0.2, 0) is 4.79 Å². The van der Waals surface area contributed by atoms with Crippen molar-refractivity contribution in [1.82, 2.24) is 25.4 Å². The fraction of sp³-hybridized carbons (Fsp3) is 0.364. The zero-order chi connectivity index (χ0) is 23.4. The molecule has 3 amide bonds. The Balaban J connectivity index is 1.51. The predicted molar refractivity (Wildman–Crippen MR) is 122 cm³/mol. The minimum atomic E-state index is -0.785. The molecule has 11 nitrogen and oxygen atoms in total. The molecule has 11 heteroatoms. The summed E-state index contributed by atoms with van der Waals surface area (Å²) in [5, 5.41) is 17.0. The van der Waals surface area contributed by atoms with Gasteiger partial charge in [0.25, 0.3) is 11.8 Å². The van der Waals surface area contributed by atoms with Gasteiger partial charge in [0.15, 0.2) is 11.5 Å². The number of carbonyl (C=O) groups excluding carboxylic acids is 3. The van der Waals surface area contributed by atoms with Gasteiger partial charge in [0, 0.05) is 36.4 Å². The molecular weight excluding hydrogens is 424 g/mol. The molecule has 2 heterocycles. The van der Waals surface area contributed by atoms with E-state index in [0.29, 0.717) is 24.3 Å². The maximum atomic E-state index is 12.4. The summed E-state index contributed by atoms with van der Waals surface area (Å²) in [6.07, 6.45) is 4.93. The normalized spacial score (nSPS) is 17.7. The Morgan fingerprint density at radius 2 is 1.97 bits per heavy atom. The Morgan fingerprint density at radius 3 is 2.70 bits per heavy atom. The number of rotatable bonds is 8. The van der Waals surface area contributed by atoms with Crippen LogP contribution in [0.25, 0.3) is 0 Å². The number of nitrogens with two attached hydrogens (primary N) is 1. The predicted octanol–water partition coefficient (Wildman–Crippen LogP) is 1.20. The van der Waals surface area contributed by atoms with Crippen LogP contribution in [0.5, 0.6) is 0 Å². The van der Waals surface area contributed by atoms with Gasteiger partial charge in [-0.05, 0) is 50.0 Å². The van der Waals surface area contributed by atoms with E-state index in [0.717, 1.165) is 25.7 Å².